The number of nitrogens with two attached hydrogens (primary N) is 1. The van der Waals surface area contributed by atoms with Gasteiger partial charge in [0.05, 0.1) is 6.61 Å². The Morgan fingerprint density at radius 2 is 2.41 bits per heavy atom. The fourth-order valence-electron chi connectivity index (χ4n) is 1.15. The number of rotatable bonds is 5. The molecule has 0 unspecified atom stereocenters. The first kappa shape index (κ1) is 13.5. The van der Waals surface area contributed by atoms with Crippen LogP contribution < -0.4 is 5.73 Å². The molecule has 1 atom stereocenters. The lowest BCUT2D eigenvalue weighted by Gasteiger charge is -2.08. The molecule has 1 heterocycles. The zero-order valence-electron chi connectivity index (χ0n) is 9.17. The fourth-order valence-corrected chi connectivity index (χ4v) is 1.60. The molecule has 1 rings (SSSR count). The van der Waals surface area contributed by atoms with Crippen LogP contribution in [0, 0.1) is 0 Å². The number of nitrogens with zero attached hydrogens (tertiary/aromatic N) is 1. The van der Waals surface area contributed by atoms with Crippen LogP contribution in [0.2, 0.25) is 0 Å². The maximum absolute atomic E-state index is 11.3. The minimum absolute atomic E-state index is 0.228. The average Bonchev–Trinajstić information content (AvgIpc) is 2.64. The average molecular weight is 259 g/mol. The van der Waals surface area contributed by atoms with E-state index >= 15 is 0 Å². The number of aromatic amines is 1. The lowest BCUT2D eigenvalue weighted by Crippen LogP contribution is -2.34. The lowest BCUT2D eigenvalue weighted by atomic mass is 10.2. The van der Waals surface area contributed by atoms with Gasteiger partial charge in [-0.2, -0.15) is 0 Å². The number of imidazole rings is 1. The van der Waals surface area contributed by atoms with Gasteiger partial charge in [-0.05, 0) is 6.92 Å². The Kier molecular flexibility index (Phi) is 4.98. The van der Waals surface area contributed by atoms with Crippen molar-refractivity contribution in [2.45, 2.75) is 24.5 Å². The third-order valence-corrected chi connectivity index (χ3v) is 2.39. The van der Waals surface area contributed by atoms with Gasteiger partial charge in [-0.15, -0.1) is 0 Å². The lowest BCUT2D eigenvalue weighted by molar-refractivity contribution is -0.144. The molecule has 0 spiro atoms. The van der Waals surface area contributed by atoms with Crippen LogP contribution in [0.15, 0.2) is 11.4 Å². The Bertz CT molecular complexity index is 407. The molecule has 0 fully saturated rings. The zero-order chi connectivity index (χ0) is 12.8. The largest absolute Gasteiger partial charge is 0.473 e. The molecular formula is C9H13N3O4S. The van der Waals surface area contributed by atoms with E-state index in [1.165, 1.54) is 6.20 Å². The monoisotopic (exact) mass is 259 g/mol. The first-order valence-electron chi connectivity index (χ1n) is 4.89. The maximum Gasteiger partial charge on any atom is 0.372 e. The molecule has 0 aliphatic heterocycles. The van der Waals surface area contributed by atoms with Gasteiger partial charge < -0.3 is 20.6 Å². The van der Waals surface area contributed by atoms with E-state index in [-0.39, 0.29) is 18.2 Å². The molecule has 0 aliphatic carbocycles. The van der Waals surface area contributed by atoms with Gasteiger partial charge in [0.1, 0.15) is 6.04 Å². The summed E-state index contributed by atoms with van der Waals surface area (Å²) in [5.41, 5.74) is 6.19. The predicted octanol–water partition coefficient (Wildman–Crippen LogP) is 0.613. The highest BCUT2D eigenvalue weighted by atomic mass is 32.2. The van der Waals surface area contributed by atoms with E-state index in [9.17, 15) is 9.59 Å². The number of nitrogens with one attached hydrogen (secondary N) is 1. The normalized spacial score (nSPS) is 12.1. The van der Waals surface area contributed by atoms with E-state index in [1.807, 2.05) is 0 Å². The zero-order valence-corrected chi connectivity index (χ0v) is 9.99. The molecule has 94 valence electrons. The molecule has 0 radical (unpaired) electrons. The van der Waals surface area contributed by atoms with Crippen molar-refractivity contribution in [2.75, 3.05) is 6.61 Å². The molecule has 7 nitrogen and oxygen atoms in total. The number of carbonyl (C=O) groups is 2. The van der Waals surface area contributed by atoms with Crippen molar-refractivity contribution in [3.63, 3.8) is 0 Å². The summed E-state index contributed by atoms with van der Waals surface area (Å²) in [5, 5.41) is 7.72. The van der Waals surface area contributed by atoms with Crippen LogP contribution in [0.5, 0.6) is 0 Å². The third-order valence-electron chi connectivity index (χ3n) is 1.82. The van der Waals surface area contributed by atoms with Gasteiger partial charge in [0.25, 0.3) is 0 Å². The summed E-state index contributed by atoms with van der Waals surface area (Å²) in [6.07, 6.45) is 1.68. The molecule has 0 amide bonds. The van der Waals surface area contributed by atoms with Gasteiger partial charge >= 0.3 is 11.3 Å². The number of esters is 1. The van der Waals surface area contributed by atoms with Crippen molar-refractivity contribution in [1.29, 1.82) is 0 Å². The Morgan fingerprint density at radius 3 is 3.00 bits per heavy atom. The Hall–Kier alpha value is -1.54. The van der Waals surface area contributed by atoms with Gasteiger partial charge in [-0.3, -0.25) is 4.79 Å². The summed E-state index contributed by atoms with van der Waals surface area (Å²) in [6.45, 7) is 1.97. The summed E-state index contributed by atoms with van der Waals surface area (Å²) in [7, 11) is 0. The first-order chi connectivity index (χ1) is 8.02. The smallest absolute Gasteiger partial charge is 0.372 e. The molecule has 8 heteroatoms. The summed E-state index contributed by atoms with van der Waals surface area (Å²) in [6, 6.07) is -0.780. The van der Waals surface area contributed by atoms with E-state index in [0.29, 0.717) is 17.5 Å². The number of hydrogen-bond donors (Lipinski definition) is 3. The second kappa shape index (κ2) is 6.26. The number of carbonyl (C=O) groups excluding carboxylic acids is 1. The third kappa shape index (κ3) is 4.45. The van der Waals surface area contributed by atoms with Crippen molar-refractivity contribution in [3.05, 3.63) is 11.9 Å². The summed E-state index contributed by atoms with van der Waals surface area (Å²) >= 11 is 0.558. The van der Waals surface area contributed by atoms with Gasteiger partial charge in [0, 0.05) is 30.1 Å². The predicted molar refractivity (Wildman–Crippen MR) is 60.8 cm³/mol. The van der Waals surface area contributed by atoms with Crippen LogP contribution in [-0.2, 0) is 16.0 Å². The highest BCUT2D eigenvalue weighted by Crippen LogP contribution is 2.14. The molecule has 0 saturated heterocycles. The van der Waals surface area contributed by atoms with Crippen LogP contribution in [0.4, 0.5) is 4.79 Å². The summed E-state index contributed by atoms with van der Waals surface area (Å²) in [4.78, 5) is 28.2. The van der Waals surface area contributed by atoms with Gasteiger partial charge in [-0.25, -0.2) is 9.78 Å². The van der Waals surface area contributed by atoms with E-state index in [4.69, 9.17) is 15.6 Å². The molecule has 0 bridgehead atoms. The van der Waals surface area contributed by atoms with E-state index < -0.39 is 17.3 Å². The van der Waals surface area contributed by atoms with Crippen molar-refractivity contribution in [2.24, 2.45) is 5.73 Å². The minimum Gasteiger partial charge on any atom is -0.473 e. The molecule has 0 saturated carbocycles. The number of ether oxygens (including phenoxy) is 1. The van der Waals surface area contributed by atoms with Crippen LogP contribution in [0.1, 0.15) is 12.6 Å². The minimum atomic E-state index is -1.06. The number of carboxylic acid groups (broad SMARTS) is 1. The van der Waals surface area contributed by atoms with Crippen LogP contribution in [-0.4, -0.2) is 39.0 Å². The number of H-pyrrole nitrogens is 1. The standard InChI is InChI=1S/C9H13N3O4S/c1-2-16-7(13)6(10)3-5-4-11-8(12-5)17-9(14)15/h4,6H,2-3,10H2,1H3,(H,11,12)(H,14,15)/t6-/m0/s1. The van der Waals surface area contributed by atoms with Crippen LogP contribution >= 0.6 is 11.8 Å². The first-order valence-corrected chi connectivity index (χ1v) is 5.71. The maximum atomic E-state index is 11.3. The van der Waals surface area contributed by atoms with Crippen molar-refractivity contribution >= 4 is 23.0 Å². The fraction of sp³-hybridized carbons (Fsp3) is 0.444. The second-order valence-corrected chi connectivity index (χ2v) is 4.08. The molecule has 4 N–H and O–H groups in total. The molecule has 0 aromatic carbocycles. The summed E-state index contributed by atoms with van der Waals surface area (Å²) < 4.78 is 4.75. The SMILES string of the molecule is CCOC(=O)[C@@H](N)Cc1cnc(SC(=O)O)[nH]1. The van der Waals surface area contributed by atoms with Crippen molar-refractivity contribution in [3.8, 4) is 0 Å². The van der Waals surface area contributed by atoms with Crippen molar-refractivity contribution < 1.29 is 19.4 Å². The van der Waals surface area contributed by atoms with Crippen LogP contribution in [0.3, 0.4) is 0 Å². The second-order valence-electron chi connectivity index (χ2n) is 3.14. The van der Waals surface area contributed by atoms with Gasteiger partial charge in [0.15, 0.2) is 5.16 Å². The van der Waals surface area contributed by atoms with Crippen LogP contribution in [0.25, 0.3) is 0 Å². The summed E-state index contributed by atoms with van der Waals surface area (Å²) in [5.74, 6) is -0.491. The highest BCUT2D eigenvalue weighted by Gasteiger charge is 2.16. The topological polar surface area (TPSA) is 118 Å². The number of aromatic nitrogens is 2. The highest BCUT2D eigenvalue weighted by molar-refractivity contribution is 8.13. The molecule has 17 heavy (non-hydrogen) atoms. The molecule has 1 aromatic rings. The number of hydrogen-bond acceptors (Lipinski definition) is 6. The van der Waals surface area contributed by atoms with Gasteiger partial charge in [-0.1, -0.05) is 0 Å². The molecule has 1 aromatic heterocycles. The molecule has 0 aliphatic rings. The quantitative estimate of drug-likeness (QED) is 0.523. The van der Waals surface area contributed by atoms with E-state index in [0.717, 1.165) is 0 Å². The van der Waals surface area contributed by atoms with E-state index in [2.05, 4.69) is 9.97 Å². The van der Waals surface area contributed by atoms with E-state index in [1.54, 1.807) is 6.92 Å². The molecular weight excluding hydrogens is 246 g/mol. The number of thioether (sulfide) groups is 1. The Labute approximate surface area is 102 Å². The Morgan fingerprint density at radius 1 is 1.71 bits per heavy atom. The van der Waals surface area contributed by atoms with Crippen molar-refractivity contribution in [1.82, 2.24) is 9.97 Å². The van der Waals surface area contributed by atoms with Gasteiger partial charge in [0.2, 0.25) is 0 Å². The Balaban J connectivity index is 2.54.